The number of nitrogens with one attached hydrogen (secondary N) is 3. The van der Waals surface area contributed by atoms with Gasteiger partial charge in [-0.25, -0.2) is 4.79 Å². The number of carbonyl (C=O) groups is 2. The quantitative estimate of drug-likeness (QED) is 0.573. The molecule has 1 saturated carbocycles. The third-order valence-corrected chi connectivity index (χ3v) is 7.90. The highest BCUT2D eigenvalue weighted by Gasteiger charge is 2.45. The summed E-state index contributed by atoms with van der Waals surface area (Å²) in [4.78, 5) is 24.6. The van der Waals surface area contributed by atoms with E-state index in [9.17, 15) is 9.59 Å². The van der Waals surface area contributed by atoms with E-state index >= 15 is 0 Å². The zero-order valence-corrected chi connectivity index (χ0v) is 19.1. The van der Waals surface area contributed by atoms with Crippen LogP contribution >= 0.6 is 11.8 Å². The van der Waals surface area contributed by atoms with Crippen LogP contribution in [0.3, 0.4) is 0 Å². The molecule has 1 aromatic carbocycles. The first-order valence-electron chi connectivity index (χ1n) is 11.1. The highest BCUT2D eigenvalue weighted by atomic mass is 32.2. The first-order chi connectivity index (χ1) is 14.4. The van der Waals surface area contributed by atoms with E-state index in [0.29, 0.717) is 24.8 Å². The number of amides is 3. The minimum atomic E-state index is -0.135. The molecule has 166 valence electrons. The molecule has 3 amide bonds. The van der Waals surface area contributed by atoms with E-state index < -0.39 is 0 Å². The third kappa shape index (κ3) is 5.62. The van der Waals surface area contributed by atoms with E-state index in [0.717, 1.165) is 11.3 Å². The van der Waals surface area contributed by atoms with Gasteiger partial charge in [0.2, 0.25) is 5.91 Å². The Hall–Kier alpha value is -1.89. The Morgan fingerprint density at radius 2 is 1.97 bits per heavy atom. The van der Waals surface area contributed by atoms with Crippen molar-refractivity contribution < 1.29 is 14.3 Å². The first kappa shape index (κ1) is 22.8. The summed E-state index contributed by atoms with van der Waals surface area (Å²) in [5.41, 5.74) is 0.999. The van der Waals surface area contributed by atoms with Crippen LogP contribution in [0.4, 0.5) is 4.79 Å². The van der Waals surface area contributed by atoms with E-state index in [2.05, 4.69) is 22.9 Å². The highest BCUT2D eigenvalue weighted by Crippen LogP contribution is 2.44. The second-order valence-corrected chi connectivity index (χ2v) is 9.74. The lowest BCUT2D eigenvalue weighted by Crippen LogP contribution is -2.61. The molecule has 30 heavy (non-hydrogen) atoms. The maximum Gasteiger partial charge on any atom is 0.315 e. The van der Waals surface area contributed by atoms with Gasteiger partial charge in [-0.2, -0.15) is 0 Å². The van der Waals surface area contributed by atoms with Crippen molar-refractivity contribution in [3.8, 4) is 5.75 Å². The van der Waals surface area contributed by atoms with Gasteiger partial charge in [-0.05, 0) is 50.3 Å². The number of ether oxygens (including phenoxy) is 1. The van der Waals surface area contributed by atoms with E-state index in [-0.39, 0.29) is 28.8 Å². The minimum absolute atomic E-state index is 0.0137. The predicted molar refractivity (Wildman–Crippen MR) is 122 cm³/mol. The second kappa shape index (κ2) is 10.4. The van der Waals surface area contributed by atoms with Crippen molar-refractivity contribution in [1.82, 2.24) is 16.0 Å². The smallest absolute Gasteiger partial charge is 0.315 e. The summed E-state index contributed by atoms with van der Waals surface area (Å²) in [6, 6.07) is 7.60. The van der Waals surface area contributed by atoms with Gasteiger partial charge in [0.1, 0.15) is 5.75 Å². The molecule has 0 spiro atoms. The van der Waals surface area contributed by atoms with E-state index in [1.54, 1.807) is 11.8 Å². The Labute approximate surface area is 184 Å². The maximum absolute atomic E-state index is 12.6. The van der Waals surface area contributed by atoms with Crippen LogP contribution in [0.1, 0.15) is 64.5 Å². The SMILES string of the molecule is CCOc1ccc([C@@H](C)NC(=O)CSC2NC(=O)NCC2(C)C2CCCCC2)cc1. The lowest BCUT2D eigenvalue weighted by molar-refractivity contribution is -0.119. The van der Waals surface area contributed by atoms with E-state index in [1.165, 1.54) is 32.1 Å². The number of benzene rings is 1. The molecule has 1 aliphatic heterocycles. The lowest BCUT2D eigenvalue weighted by Gasteiger charge is -2.48. The van der Waals surface area contributed by atoms with Crippen LogP contribution in [0, 0.1) is 11.3 Å². The molecule has 3 rings (SSSR count). The molecule has 7 heteroatoms. The molecule has 2 aliphatic rings. The first-order valence-corrected chi connectivity index (χ1v) is 12.2. The number of hydrogen-bond acceptors (Lipinski definition) is 4. The average Bonchev–Trinajstić information content (AvgIpc) is 2.76. The molecular weight excluding hydrogens is 398 g/mol. The molecule has 6 nitrogen and oxygen atoms in total. The molecule has 1 aliphatic carbocycles. The normalized spacial score (nSPS) is 25.7. The zero-order chi connectivity index (χ0) is 21.6. The standard InChI is InChI=1S/C23H35N3O3S/c1-4-29-19-12-10-17(11-13-19)16(2)25-20(27)14-30-21-23(3,15-24-22(28)26-21)18-8-6-5-7-9-18/h10-13,16,18,21H,4-9,14-15H2,1-3H3,(H,25,27)(H2,24,26,28)/t16-,21?,23?/m1/s1. The van der Waals surface area contributed by atoms with Crippen molar-refractivity contribution in [2.75, 3.05) is 18.9 Å². The number of carbonyl (C=O) groups excluding carboxylic acids is 2. The maximum atomic E-state index is 12.6. The van der Waals surface area contributed by atoms with Gasteiger partial charge >= 0.3 is 6.03 Å². The van der Waals surface area contributed by atoms with Gasteiger partial charge < -0.3 is 20.7 Å². The monoisotopic (exact) mass is 433 g/mol. The van der Waals surface area contributed by atoms with Gasteiger partial charge in [-0.15, -0.1) is 11.8 Å². The van der Waals surface area contributed by atoms with Crippen LogP contribution in [-0.4, -0.2) is 36.2 Å². The Bertz CT molecular complexity index is 721. The van der Waals surface area contributed by atoms with Crippen molar-refractivity contribution in [2.24, 2.45) is 11.3 Å². The summed E-state index contributed by atoms with van der Waals surface area (Å²) in [6.45, 7) is 7.50. The summed E-state index contributed by atoms with van der Waals surface area (Å²) in [5, 5.41) is 9.08. The molecule has 3 atom stereocenters. The average molecular weight is 434 g/mol. The summed E-state index contributed by atoms with van der Waals surface area (Å²) < 4.78 is 5.48. The van der Waals surface area contributed by atoms with Gasteiger partial charge in [0, 0.05) is 12.0 Å². The molecular formula is C23H35N3O3S. The Kier molecular flexibility index (Phi) is 7.92. The third-order valence-electron chi connectivity index (χ3n) is 6.48. The van der Waals surface area contributed by atoms with Crippen LogP contribution in [0.5, 0.6) is 5.75 Å². The van der Waals surface area contributed by atoms with Gasteiger partial charge in [0.15, 0.2) is 0 Å². The number of thioether (sulfide) groups is 1. The lowest BCUT2D eigenvalue weighted by atomic mass is 9.69. The van der Waals surface area contributed by atoms with E-state index in [4.69, 9.17) is 4.74 Å². The van der Waals surface area contributed by atoms with Crippen LogP contribution in [0.25, 0.3) is 0 Å². The Morgan fingerprint density at radius 3 is 2.63 bits per heavy atom. The Balaban J connectivity index is 1.55. The molecule has 1 saturated heterocycles. The van der Waals surface area contributed by atoms with Crippen molar-refractivity contribution in [2.45, 2.75) is 64.3 Å². The predicted octanol–water partition coefficient (Wildman–Crippen LogP) is 4.22. The van der Waals surface area contributed by atoms with Crippen LogP contribution in [-0.2, 0) is 4.79 Å². The van der Waals surface area contributed by atoms with Crippen molar-refractivity contribution in [3.63, 3.8) is 0 Å². The van der Waals surface area contributed by atoms with Crippen LogP contribution < -0.4 is 20.7 Å². The topological polar surface area (TPSA) is 79.5 Å². The number of rotatable bonds is 8. The Morgan fingerprint density at radius 1 is 1.27 bits per heavy atom. The molecule has 1 heterocycles. The minimum Gasteiger partial charge on any atom is -0.494 e. The molecule has 0 radical (unpaired) electrons. The molecule has 1 aromatic rings. The fourth-order valence-corrected chi connectivity index (χ4v) is 5.84. The van der Waals surface area contributed by atoms with Crippen LogP contribution in [0.2, 0.25) is 0 Å². The van der Waals surface area contributed by atoms with Gasteiger partial charge in [-0.3, -0.25) is 4.79 Å². The van der Waals surface area contributed by atoms with Crippen molar-refractivity contribution in [1.29, 1.82) is 0 Å². The molecule has 0 aromatic heterocycles. The zero-order valence-electron chi connectivity index (χ0n) is 18.3. The second-order valence-electron chi connectivity index (χ2n) is 8.65. The van der Waals surface area contributed by atoms with E-state index in [1.807, 2.05) is 38.1 Å². The summed E-state index contributed by atoms with van der Waals surface area (Å²) >= 11 is 1.55. The largest absolute Gasteiger partial charge is 0.494 e. The number of urea groups is 1. The fraction of sp³-hybridized carbons (Fsp3) is 0.652. The summed E-state index contributed by atoms with van der Waals surface area (Å²) in [6.07, 6.45) is 6.21. The van der Waals surface area contributed by atoms with Crippen molar-refractivity contribution in [3.05, 3.63) is 29.8 Å². The summed E-state index contributed by atoms with van der Waals surface area (Å²) in [7, 11) is 0. The number of hydrogen-bond donors (Lipinski definition) is 3. The highest BCUT2D eigenvalue weighted by molar-refractivity contribution is 8.00. The van der Waals surface area contributed by atoms with Gasteiger partial charge in [0.25, 0.3) is 0 Å². The van der Waals surface area contributed by atoms with Gasteiger partial charge in [-0.1, -0.05) is 38.3 Å². The molecule has 3 N–H and O–H groups in total. The van der Waals surface area contributed by atoms with Crippen LogP contribution in [0.15, 0.2) is 24.3 Å². The molecule has 2 fully saturated rings. The fourth-order valence-electron chi connectivity index (χ4n) is 4.60. The van der Waals surface area contributed by atoms with Gasteiger partial charge in [0.05, 0.1) is 23.8 Å². The van der Waals surface area contributed by atoms with Crippen molar-refractivity contribution >= 4 is 23.7 Å². The molecule has 0 bridgehead atoms. The molecule has 2 unspecified atom stereocenters. The summed E-state index contributed by atoms with van der Waals surface area (Å²) in [5.74, 6) is 1.72.